The third kappa shape index (κ3) is 48.2. The smallest absolute Gasteiger partial charge is 0.306 e. The van der Waals surface area contributed by atoms with Crippen molar-refractivity contribution in [3.05, 3.63) is 72.9 Å². The van der Waals surface area contributed by atoms with E-state index in [1.165, 1.54) is 141 Å². The lowest BCUT2D eigenvalue weighted by molar-refractivity contribution is -0.154. The van der Waals surface area contributed by atoms with Crippen molar-refractivity contribution in [2.45, 2.75) is 245 Å². The molecule has 336 valence electrons. The maximum atomic E-state index is 12.3. The molecule has 1 N–H and O–H groups in total. The van der Waals surface area contributed by atoms with Crippen LogP contribution in [-0.2, 0) is 14.3 Å². The van der Waals surface area contributed by atoms with Crippen LogP contribution in [0.2, 0.25) is 0 Å². The lowest BCUT2D eigenvalue weighted by Gasteiger charge is -2.15. The van der Waals surface area contributed by atoms with Gasteiger partial charge >= 0.3 is 5.97 Å². The summed E-state index contributed by atoms with van der Waals surface area (Å²) in [4.78, 5) is 12.3. The third-order valence-electron chi connectivity index (χ3n) is 10.8. The van der Waals surface area contributed by atoms with Crippen LogP contribution in [0.5, 0.6) is 0 Å². The van der Waals surface area contributed by atoms with Gasteiger partial charge in [-0.05, 0) is 64.2 Å². The van der Waals surface area contributed by atoms with Crippen LogP contribution in [-0.4, -0.2) is 37.0 Å². The Morgan fingerprint density at radius 1 is 0.431 bits per heavy atom. The largest absolute Gasteiger partial charge is 0.457 e. The average Bonchev–Trinajstić information content (AvgIpc) is 3.23. The van der Waals surface area contributed by atoms with E-state index in [4.69, 9.17) is 9.47 Å². The van der Waals surface area contributed by atoms with Crippen LogP contribution < -0.4 is 0 Å². The summed E-state index contributed by atoms with van der Waals surface area (Å²) in [5, 5.41) is 9.64. The quantitative estimate of drug-likeness (QED) is 0.0378. The standard InChI is InChI=1S/C54H96O4/c1-3-5-7-9-11-13-15-17-19-21-23-25-27-29-31-33-35-37-39-41-43-45-47-49-54(56)58-53(51-55)52-57-50-48-46-44-42-40-38-36-34-32-30-28-26-24-22-20-18-16-14-12-10-8-6-4-2/h5,7,11,13,17,19,23,25,29,31,35,37,53,55H,3-4,6,8-10,12,14-16,18,20-22,24,26-28,30,32-34,36,38-52H2,1-2H3/b7-5-,13-11-,19-17-,25-23-,31-29-,37-35-. The lowest BCUT2D eigenvalue weighted by Crippen LogP contribution is -2.27. The minimum absolute atomic E-state index is 0.183. The summed E-state index contributed by atoms with van der Waals surface area (Å²) >= 11 is 0. The summed E-state index contributed by atoms with van der Waals surface area (Å²) in [5.41, 5.74) is 0. The van der Waals surface area contributed by atoms with Gasteiger partial charge in [0.15, 0.2) is 0 Å². The number of rotatable bonds is 46. The Morgan fingerprint density at radius 2 is 0.776 bits per heavy atom. The second-order valence-corrected chi connectivity index (χ2v) is 16.5. The maximum Gasteiger partial charge on any atom is 0.306 e. The molecule has 1 unspecified atom stereocenters. The van der Waals surface area contributed by atoms with Gasteiger partial charge in [0.2, 0.25) is 0 Å². The molecule has 0 heterocycles. The molecule has 0 rings (SSSR count). The first-order chi connectivity index (χ1) is 28.7. The number of hydrogen-bond donors (Lipinski definition) is 1. The van der Waals surface area contributed by atoms with Crippen LogP contribution in [0.15, 0.2) is 72.9 Å². The van der Waals surface area contributed by atoms with Gasteiger partial charge in [0.05, 0.1) is 13.2 Å². The number of allylic oxidation sites excluding steroid dienone is 12. The molecule has 0 radical (unpaired) electrons. The summed E-state index contributed by atoms with van der Waals surface area (Å²) in [6.45, 7) is 5.23. The number of hydrogen-bond acceptors (Lipinski definition) is 4. The van der Waals surface area contributed by atoms with Crippen molar-refractivity contribution < 1.29 is 19.4 Å². The van der Waals surface area contributed by atoms with Gasteiger partial charge in [0, 0.05) is 13.0 Å². The van der Waals surface area contributed by atoms with Crippen molar-refractivity contribution in [1.29, 1.82) is 0 Å². The van der Waals surface area contributed by atoms with Crippen LogP contribution in [0.4, 0.5) is 0 Å². The zero-order valence-electron chi connectivity index (χ0n) is 38.5. The Balaban J connectivity index is 3.47. The molecule has 0 bridgehead atoms. The number of unbranched alkanes of at least 4 members (excludes halogenated alkanes) is 26. The molecule has 0 aliphatic heterocycles. The van der Waals surface area contributed by atoms with Crippen LogP contribution in [0.3, 0.4) is 0 Å². The van der Waals surface area contributed by atoms with Gasteiger partial charge in [-0.25, -0.2) is 0 Å². The van der Waals surface area contributed by atoms with Gasteiger partial charge in [0.1, 0.15) is 6.10 Å². The molecule has 0 aromatic heterocycles. The topological polar surface area (TPSA) is 55.8 Å². The Bertz CT molecular complexity index is 989. The fraction of sp³-hybridized carbons (Fsp3) is 0.759. The Morgan fingerprint density at radius 3 is 1.17 bits per heavy atom. The van der Waals surface area contributed by atoms with Gasteiger partial charge in [-0.2, -0.15) is 0 Å². The molecule has 0 fully saturated rings. The van der Waals surface area contributed by atoms with E-state index in [0.717, 1.165) is 77.0 Å². The van der Waals surface area contributed by atoms with Crippen LogP contribution in [0.1, 0.15) is 239 Å². The fourth-order valence-electron chi connectivity index (χ4n) is 7.10. The predicted octanol–water partition coefficient (Wildman–Crippen LogP) is 16.9. The van der Waals surface area contributed by atoms with Crippen molar-refractivity contribution in [2.75, 3.05) is 19.8 Å². The molecule has 0 spiro atoms. The van der Waals surface area contributed by atoms with Crippen molar-refractivity contribution in [3.8, 4) is 0 Å². The maximum absolute atomic E-state index is 12.3. The van der Waals surface area contributed by atoms with E-state index in [0.29, 0.717) is 13.0 Å². The number of ether oxygens (including phenoxy) is 2. The molecule has 4 heteroatoms. The normalized spacial score (nSPS) is 12.9. The highest BCUT2D eigenvalue weighted by Crippen LogP contribution is 2.16. The first-order valence-corrected chi connectivity index (χ1v) is 25.0. The molecule has 4 nitrogen and oxygen atoms in total. The summed E-state index contributed by atoms with van der Waals surface area (Å²) in [5.74, 6) is -0.223. The summed E-state index contributed by atoms with van der Waals surface area (Å²) in [6.07, 6.45) is 69.9. The monoisotopic (exact) mass is 809 g/mol. The fourth-order valence-corrected chi connectivity index (χ4v) is 7.10. The van der Waals surface area contributed by atoms with E-state index in [2.05, 4.69) is 86.8 Å². The van der Waals surface area contributed by atoms with Crippen LogP contribution >= 0.6 is 0 Å². The molecule has 58 heavy (non-hydrogen) atoms. The second kappa shape index (κ2) is 51.0. The second-order valence-electron chi connectivity index (χ2n) is 16.5. The number of aliphatic hydroxyl groups is 1. The van der Waals surface area contributed by atoms with Gasteiger partial charge in [-0.1, -0.05) is 241 Å². The van der Waals surface area contributed by atoms with Crippen LogP contribution in [0.25, 0.3) is 0 Å². The number of esters is 1. The number of carbonyl (C=O) groups is 1. The molecular weight excluding hydrogens is 713 g/mol. The molecular formula is C54H96O4. The highest BCUT2D eigenvalue weighted by molar-refractivity contribution is 5.69. The molecule has 0 saturated heterocycles. The molecule has 0 aromatic carbocycles. The van der Waals surface area contributed by atoms with E-state index in [1.54, 1.807) is 0 Å². The molecule has 0 amide bonds. The first kappa shape index (κ1) is 55.8. The number of carbonyl (C=O) groups excluding carboxylic acids is 1. The minimum Gasteiger partial charge on any atom is -0.457 e. The Kier molecular flexibility index (Phi) is 49.1. The van der Waals surface area contributed by atoms with Crippen molar-refractivity contribution in [2.24, 2.45) is 0 Å². The van der Waals surface area contributed by atoms with Gasteiger partial charge in [-0.15, -0.1) is 0 Å². The average molecular weight is 809 g/mol. The Hall–Kier alpha value is -2.17. The summed E-state index contributed by atoms with van der Waals surface area (Å²) in [6, 6.07) is 0. The van der Waals surface area contributed by atoms with Gasteiger partial charge in [0.25, 0.3) is 0 Å². The van der Waals surface area contributed by atoms with E-state index < -0.39 is 6.10 Å². The van der Waals surface area contributed by atoms with E-state index in [9.17, 15) is 9.90 Å². The lowest BCUT2D eigenvalue weighted by atomic mass is 10.0. The van der Waals surface area contributed by atoms with E-state index >= 15 is 0 Å². The van der Waals surface area contributed by atoms with Crippen molar-refractivity contribution in [3.63, 3.8) is 0 Å². The highest BCUT2D eigenvalue weighted by Gasteiger charge is 2.13. The van der Waals surface area contributed by atoms with Crippen LogP contribution in [0, 0.1) is 0 Å². The van der Waals surface area contributed by atoms with Gasteiger partial charge in [-0.3, -0.25) is 4.79 Å². The molecule has 0 aliphatic rings. The molecule has 0 aliphatic carbocycles. The minimum atomic E-state index is -0.551. The SMILES string of the molecule is CC/C=C\C/C=C\C/C=C\C/C=C\C/C=C\C/C=C\CCCCCCC(=O)OC(CO)COCCCCCCCCCCCCCCCCCCCCCCCCC. The van der Waals surface area contributed by atoms with E-state index in [-0.39, 0.29) is 19.2 Å². The van der Waals surface area contributed by atoms with Crippen molar-refractivity contribution in [1.82, 2.24) is 0 Å². The molecule has 1 atom stereocenters. The predicted molar refractivity (Wildman–Crippen MR) is 256 cm³/mol. The zero-order valence-corrected chi connectivity index (χ0v) is 38.5. The molecule has 0 aromatic rings. The summed E-state index contributed by atoms with van der Waals surface area (Å²) in [7, 11) is 0. The Labute approximate surface area is 361 Å². The summed E-state index contributed by atoms with van der Waals surface area (Å²) < 4.78 is 11.2. The van der Waals surface area contributed by atoms with Crippen molar-refractivity contribution >= 4 is 5.97 Å². The van der Waals surface area contributed by atoms with E-state index in [1.807, 2.05) is 0 Å². The number of aliphatic hydroxyl groups excluding tert-OH is 1. The highest BCUT2D eigenvalue weighted by atomic mass is 16.6. The zero-order chi connectivity index (χ0) is 41.9. The third-order valence-corrected chi connectivity index (χ3v) is 10.8. The first-order valence-electron chi connectivity index (χ1n) is 25.0. The molecule has 0 saturated carbocycles. The van der Waals surface area contributed by atoms with Gasteiger partial charge < -0.3 is 14.6 Å².